The van der Waals surface area contributed by atoms with Gasteiger partial charge in [0.05, 0.1) is 27.1 Å². The zero-order chi connectivity index (χ0) is 19.9. The van der Waals surface area contributed by atoms with E-state index >= 15 is 0 Å². The number of piperazine rings is 1. The molecule has 3 rings (SSSR count). The van der Waals surface area contributed by atoms with Crippen molar-refractivity contribution in [3.63, 3.8) is 0 Å². The van der Waals surface area contributed by atoms with E-state index in [1.165, 1.54) is 11.0 Å². The molecule has 0 aliphatic carbocycles. The van der Waals surface area contributed by atoms with Crippen molar-refractivity contribution in [2.24, 2.45) is 0 Å². The van der Waals surface area contributed by atoms with Gasteiger partial charge in [0.1, 0.15) is 17.4 Å². The van der Waals surface area contributed by atoms with Crippen LogP contribution in [0.15, 0.2) is 16.7 Å². The van der Waals surface area contributed by atoms with Gasteiger partial charge in [-0.15, -0.1) is 0 Å². The molecule has 1 amide bonds. The summed E-state index contributed by atoms with van der Waals surface area (Å²) in [7, 11) is 0. The molecule has 12 heteroatoms. The fraction of sp³-hybridized carbons (Fsp3) is 0.333. The lowest BCUT2D eigenvalue weighted by molar-refractivity contribution is -0.384. The zero-order valence-electron chi connectivity index (χ0n) is 13.6. The minimum absolute atomic E-state index is 0.00766. The van der Waals surface area contributed by atoms with Gasteiger partial charge in [-0.05, 0) is 22.0 Å². The number of halogens is 3. The van der Waals surface area contributed by atoms with Crippen LogP contribution in [-0.2, 0) is 0 Å². The van der Waals surface area contributed by atoms with Gasteiger partial charge < -0.3 is 20.0 Å². The van der Waals surface area contributed by atoms with Crippen LogP contribution in [0.4, 0.5) is 20.6 Å². The number of amides is 1. The number of nitro groups is 1. The maximum Gasteiger partial charge on any atom is 0.407 e. The lowest BCUT2D eigenvalue weighted by Crippen LogP contribution is -2.56. The third-order valence-corrected chi connectivity index (χ3v) is 5.70. The number of fused-ring (bicyclic) bond motifs is 1. The highest BCUT2D eigenvalue weighted by atomic mass is 79.9. The molecule has 1 atom stereocenters. The van der Waals surface area contributed by atoms with Crippen LogP contribution < -0.4 is 4.90 Å². The Morgan fingerprint density at radius 3 is 2.81 bits per heavy atom. The van der Waals surface area contributed by atoms with E-state index in [0.717, 1.165) is 11.1 Å². The Morgan fingerprint density at radius 1 is 1.52 bits per heavy atom. The third kappa shape index (κ3) is 3.37. The first-order chi connectivity index (χ1) is 12.8. The summed E-state index contributed by atoms with van der Waals surface area (Å²) >= 11 is 9.04. The molecule has 144 valence electrons. The van der Waals surface area contributed by atoms with E-state index in [1.807, 2.05) is 0 Å². The number of benzene rings is 1. The number of aliphatic hydroxyl groups excluding tert-OH is 1. The third-order valence-electron chi connectivity index (χ3n) is 4.40. The second-order valence-corrected chi connectivity index (χ2v) is 7.09. The molecule has 1 aliphatic rings. The number of aliphatic hydroxyl groups is 1. The molecule has 2 aromatic rings. The Morgan fingerprint density at radius 2 is 2.22 bits per heavy atom. The Bertz CT molecular complexity index is 946. The zero-order valence-corrected chi connectivity index (χ0v) is 15.9. The molecule has 0 saturated carbocycles. The monoisotopic (exact) mass is 462 g/mol. The maximum absolute atomic E-state index is 14.6. The SMILES string of the molecule is O=C(O)N1CCN(c2c([N+](=O)[O-])cnc3c(F)c(Br)c(Cl)cc23)[C@H](CO)C1. The highest BCUT2D eigenvalue weighted by molar-refractivity contribution is 9.10. The topological polar surface area (TPSA) is 120 Å². The number of rotatable bonds is 3. The van der Waals surface area contributed by atoms with Crippen LogP contribution in [0, 0.1) is 15.9 Å². The average molecular weight is 464 g/mol. The highest BCUT2D eigenvalue weighted by Gasteiger charge is 2.35. The van der Waals surface area contributed by atoms with E-state index in [1.54, 1.807) is 0 Å². The van der Waals surface area contributed by atoms with E-state index in [9.17, 15) is 24.4 Å². The molecule has 1 aromatic carbocycles. The van der Waals surface area contributed by atoms with Crippen molar-refractivity contribution in [3.8, 4) is 0 Å². The lowest BCUT2D eigenvalue weighted by Gasteiger charge is -2.40. The number of pyridine rings is 1. The number of anilines is 1. The molecule has 2 heterocycles. The maximum atomic E-state index is 14.6. The van der Waals surface area contributed by atoms with Crippen LogP contribution >= 0.6 is 27.5 Å². The van der Waals surface area contributed by atoms with Gasteiger partial charge in [0.25, 0.3) is 0 Å². The molecular formula is C15H13BrClFN4O5. The second-order valence-electron chi connectivity index (χ2n) is 5.89. The van der Waals surface area contributed by atoms with Crippen molar-refractivity contribution < 1.29 is 24.3 Å². The van der Waals surface area contributed by atoms with E-state index in [2.05, 4.69) is 20.9 Å². The smallest absolute Gasteiger partial charge is 0.407 e. The average Bonchev–Trinajstić information content (AvgIpc) is 2.64. The Balaban J connectivity index is 2.23. The summed E-state index contributed by atoms with van der Waals surface area (Å²) in [6.45, 7) is -0.358. The van der Waals surface area contributed by atoms with Crippen LogP contribution in [-0.4, -0.2) is 63.4 Å². The summed E-state index contributed by atoms with van der Waals surface area (Å²) in [6.07, 6.45) is -0.209. The Kier molecular flexibility index (Phi) is 5.36. The fourth-order valence-corrected chi connectivity index (χ4v) is 3.63. The first-order valence-electron chi connectivity index (χ1n) is 7.72. The minimum Gasteiger partial charge on any atom is -0.465 e. The van der Waals surface area contributed by atoms with Crippen LogP contribution in [0.5, 0.6) is 0 Å². The van der Waals surface area contributed by atoms with Gasteiger partial charge in [0.15, 0.2) is 5.82 Å². The summed E-state index contributed by atoms with van der Waals surface area (Å²) in [4.78, 5) is 28.6. The van der Waals surface area contributed by atoms with Gasteiger partial charge in [-0.1, -0.05) is 11.6 Å². The van der Waals surface area contributed by atoms with Crippen LogP contribution in [0.3, 0.4) is 0 Å². The lowest BCUT2D eigenvalue weighted by atomic mass is 10.1. The Hall–Kier alpha value is -2.24. The fourth-order valence-electron chi connectivity index (χ4n) is 3.13. The largest absolute Gasteiger partial charge is 0.465 e. The molecule has 1 saturated heterocycles. The molecule has 1 aromatic heterocycles. The first-order valence-corrected chi connectivity index (χ1v) is 8.89. The van der Waals surface area contributed by atoms with Crippen molar-refractivity contribution in [1.82, 2.24) is 9.88 Å². The summed E-state index contributed by atoms with van der Waals surface area (Å²) in [5, 5.41) is 30.5. The molecule has 1 aliphatic heterocycles. The number of carboxylic acid groups (broad SMARTS) is 1. The van der Waals surface area contributed by atoms with Crippen LogP contribution in [0.2, 0.25) is 5.02 Å². The molecule has 0 bridgehead atoms. The molecule has 9 nitrogen and oxygen atoms in total. The summed E-state index contributed by atoms with van der Waals surface area (Å²) in [5.41, 5.74) is -0.464. The number of carbonyl (C=O) groups is 1. The van der Waals surface area contributed by atoms with Crippen molar-refractivity contribution in [3.05, 3.63) is 37.7 Å². The standard InChI is InChI=1S/C15H13BrClFN4O5/c16-11-9(17)3-8-13(12(11)18)19-4-10(22(26)27)14(8)21-2-1-20(15(24)25)5-7(21)6-23/h3-4,7,23H,1-2,5-6H2,(H,24,25)/t7-/m0/s1. The van der Waals surface area contributed by atoms with Crippen LogP contribution in [0.1, 0.15) is 0 Å². The molecule has 1 fully saturated rings. The van der Waals surface area contributed by atoms with E-state index < -0.39 is 29.5 Å². The first kappa shape index (κ1) is 19.5. The van der Waals surface area contributed by atoms with E-state index in [4.69, 9.17) is 16.7 Å². The predicted molar refractivity (Wildman–Crippen MR) is 98.9 cm³/mol. The molecule has 0 unspecified atom stereocenters. The Labute approximate surface area is 165 Å². The van der Waals surface area contributed by atoms with Gasteiger partial charge in [-0.2, -0.15) is 0 Å². The van der Waals surface area contributed by atoms with Crippen molar-refractivity contribution in [2.45, 2.75) is 6.04 Å². The highest BCUT2D eigenvalue weighted by Crippen LogP contribution is 2.41. The molecule has 27 heavy (non-hydrogen) atoms. The molecular weight excluding hydrogens is 451 g/mol. The van der Waals surface area contributed by atoms with Crippen molar-refractivity contribution >= 4 is 55.9 Å². The minimum atomic E-state index is -1.15. The number of aromatic nitrogens is 1. The molecule has 0 radical (unpaired) electrons. The van der Waals surface area contributed by atoms with Crippen molar-refractivity contribution in [2.75, 3.05) is 31.1 Å². The number of hydrogen-bond acceptors (Lipinski definition) is 6. The van der Waals surface area contributed by atoms with E-state index in [-0.39, 0.29) is 51.4 Å². The van der Waals surface area contributed by atoms with Gasteiger partial charge in [0, 0.05) is 25.0 Å². The number of hydrogen-bond donors (Lipinski definition) is 2. The summed E-state index contributed by atoms with van der Waals surface area (Å²) in [5.74, 6) is -0.765. The van der Waals surface area contributed by atoms with Gasteiger partial charge in [0.2, 0.25) is 0 Å². The number of nitrogens with zero attached hydrogens (tertiary/aromatic N) is 4. The van der Waals surface area contributed by atoms with Crippen LogP contribution in [0.25, 0.3) is 10.9 Å². The van der Waals surface area contributed by atoms with Gasteiger partial charge in [-0.25, -0.2) is 14.2 Å². The molecule has 0 spiro atoms. The second kappa shape index (κ2) is 7.41. The summed E-state index contributed by atoms with van der Waals surface area (Å²) < 4.78 is 14.6. The van der Waals surface area contributed by atoms with E-state index in [0.29, 0.717) is 0 Å². The molecule has 2 N–H and O–H groups in total. The quantitative estimate of drug-likeness (QED) is 0.408. The predicted octanol–water partition coefficient (Wildman–Crippen LogP) is 2.86. The van der Waals surface area contributed by atoms with Crippen molar-refractivity contribution in [1.29, 1.82) is 0 Å². The van der Waals surface area contributed by atoms with Gasteiger partial charge >= 0.3 is 11.8 Å². The normalized spacial score (nSPS) is 17.4. The van der Waals surface area contributed by atoms with Gasteiger partial charge in [-0.3, -0.25) is 10.1 Å². The summed E-state index contributed by atoms with van der Waals surface area (Å²) in [6, 6.07) is 0.613.